The third-order valence-corrected chi connectivity index (χ3v) is 5.69. The SMILES string of the molecule is Cc1ccc(C(=O)NCCOc2ccccc2C(C)C)cc1N(C)S(C)(=O)=O. The number of hydrogen-bond donors (Lipinski definition) is 1. The summed E-state index contributed by atoms with van der Waals surface area (Å²) in [7, 11) is -1.93. The normalized spacial score (nSPS) is 11.4. The van der Waals surface area contributed by atoms with Gasteiger partial charge < -0.3 is 10.1 Å². The molecule has 1 amide bonds. The minimum Gasteiger partial charge on any atom is -0.491 e. The highest BCUT2D eigenvalue weighted by Crippen LogP contribution is 2.25. The molecule has 0 aliphatic heterocycles. The predicted octanol–water partition coefficient (Wildman–Crippen LogP) is 3.32. The molecule has 7 heteroatoms. The number of nitrogens with one attached hydrogen (secondary N) is 1. The van der Waals surface area contributed by atoms with E-state index < -0.39 is 10.0 Å². The second kappa shape index (κ2) is 9.10. The van der Waals surface area contributed by atoms with Gasteiger partial charge in [0.2, 0.25) is 10.0 Å². The molecule has 2 rings (SSSR count). The van der Waals surface area contributed by atoms with Crippen LogP contribution in [0.2, 0.25) is 0 Å². The molecule has 1 N–H and O–H groups in total. The van der Waals surface area contributed by atoms with Gasteiger partial charge in [-0.2, -0.15) is 0 Å². The van der Waals surface area contributed by atoms with Crippen LogP contribution in [-0.2, 0) is 10.0 Å². The summed E-state index contributed by atoms with van der Waals surface area (Å²) in [5.74, 6) is 0.895. The standard InChI is InChI=1S/C21H28N2O4S/c1-15(2)18-8-6-7-9-20(18)27-13-12-22-21(24)17-11-10-16(3)19(14-17)23(4)28(5,25)26/h6-11,14-15H,12-13H2,1-5H3,(H,22,24). The van der Waals surface area contributed by atoms with Crippen LogP contribution in [0.4, 0.5) is 5.69 Å². The molecule has 0 unspecified atom stereocenters. The van der Waals surface area contributed by atoms with Gasteiger partial charge in [0.15, 0.2) is 0 Å². The number of rotatable bonds is 8. The van der Waals surface area contributed by atoms with E-state index in [0.29, 0.717) is 30.3 Å². The average Bonchev–Trinajstić information content (AvgIpc) is 2.64. The number of para-hydroxylation sites is 1. The van der Waals surface area contributed by atoms with Gasteiger partial charge >= 0.3 is 0 Å². The summed E-state index contributed by atoms with van der Waals surface area (Å²) in [6.45, 7) is 6.70. The Labute approximate surface area is 167 Å². The zero-order valence-corrected chi connectivity index (χ0v) is 17.8. The fraction of sp³-hybridized carbons (Fsp3) is 0.381. The van der Waals surface area contributed by atoms with Crippen LogP contribution < -0.4 is 14.4 Å². The van der Waals surface area contributed by atoms with Crippen LogP contribution in [0.25, 0.3) is 0 Å². The summed E-state index contributed by atoms with van der Waals surface area (Å²) in [6, 6.07) is 12.9. The highest BCUT2D eigenvalue weighted by Gasteiger charge is 2.16. The first-order valence-electron chi connectivity index (χ1n) is 9.15. The van der Waals surface area contributed by atoms with E-state index in [1.807, 2.05) is 24.3 Å². The molecule has 0 bridgehead atoms. The summed E-state index contributed by atoms with van der Waals surface area (Å²) in [5, 5.41) is 2.81. The Hall–Kier alpha value is -2.54. The van der Waals surface area contributed by atoms with E-state index in [2.05, 4.69) is 19.2 Å². The van der Waals surface area contributed by atoms with E-state index in [1.54, 1.807) is 25.1 Å². The van der Waals surface area contributed by atoms with Crippen molar-refractivity contribution in [2.45, 2.75) is 26.7 Å². The average molecular weight is 405 g/mol. The van der Waals surface area contributed by atoms with E-state index >= 15 is 0 Å². The molecule has 6 nitrogen and oxygen atoms in total. The molecular formula is C21H28N2O4S. The molecule has 0 aliphatic carbocycles. The number of hydrogen-bond acceptors (Lipinski definition) is 4. The minimum absolute atomic E-state index is 0.274. The van der Waals surface area contributed by atoms with Crippen LogP contribution in [0.3, 0.4) is 0 Å². The third kappa shape index (κ3) is 5.48. The minimum atomic E-state index is -3.40. The van der Waals surface area contributed by atoms with Crippen LogP contribution in [-0.4, -0.2) is 40.8 Å². The van der Waals surface area contributed by atoms with E-state index in [1.165, 1.54) is 11.4 Å². The molecule has 2 aromatic rings. The van der Waals surface area contributed by atoms with Crippen molar-refractivity contribution in [2.24, 2.45) is 0 Å². The topological polar surface area (TPSA) is 75.7 Å². The number of carbonyl (C=O) groups is 1. The molecule has 0 fully saturated rings. The number of anilines is 1. The molecule has 0 spiro atoms. The second-order valence-corrected chi connectivity index (χ2v) is 9.04. The summed E-state index contributed by atoms with van der Waals surface area (Å²) in [5.41, 5.74) is 2.79. The second-order valence-electron chi connectivity index (χ2n) is 7.03. The summed E-state index contributed by atoms with van der Waals surface area (Å²) < 4.78 is 30.6. The lowest BCUT2D eigenvalue weighted by Gasteiger charge is -2.20. The summed E-state index contributed by atoms with van der Waals surface area (Å²) in [4.78, 5) is 12.4. The number of aryl methyl sites for hydroxylation is 1. The quantitative estimate of drug-likeness (QED) is 0.685. The number of amides is 1. The van der Waals surface area contributed by atoms with Crippen molar-refractivity contribution in [2.75, 3.05) is 30.8 Å². The number of benzene rings is 2. The summed E-state index contributed by atoms with van der Waals surface area (Å²) in [6.07, 6.45) is 1.13. The van der Waals surface area contributed by atoms with Gasteiger partial charge in [-0.25, -0.2) is 8.42 Å². The Kier molecular flexibility index (Phi) is 7.07. The van der Waals surface area contributed by atoms with Crippen LogP contribution in [0.15, 0.2) is 42.5 Å². The highest BCUT2D eigenvalue weighted by atomic mass is 32.2. The Bertz CT molecular complexity index is 939. The molecule has 2 aromatic carbocycles. The van der Waals surface area contributed by atoms with Crippen molar-refractivity contribution >= 4 is 21.6 Å². The van der Waals surface area contributed by atoms with Crippen molar-refractivity contribution in [3.63, 3.8) is 0 Å². The fourth-order valence-electron chi connectivity index (χ4n) is 2.79. The van der Waals surface area contributed by atoms with Crippen molar-refractivity contribution < 1.29 is 17.9 Å². The van der Waals surface area contributed by atoms with Gasteiger partial charge in [-0.05, 0) is 42.2 Å². The van der Waals surface area contributed by atoms with Gasteiger partial charge in [-0.15, -0.1) is 0 Å². The third-order valence-electron chi connectivity index (χ3n) is 4.49. The van der Waals surface area contributed by atoms with Crippen molar-refractivity contribution in [3.05, 3.63) is 59.2 Å². The molecule has 152 valence electrons. The molecule has 28 heavy (non-hydrogen) atoms. The monoisotopic (exact) mass is 404 g/mol. The van der Waals surface area contributed by atoms with Gasteiger partial charge in [-0.1, -0.05) is 38.1 Å². The number of ether oxygens (including phenoxy) is 1. The molecule has 0 radical (unpaired) electrons. The smallest absolute Gasteiger partial charge is 0.251 e. The van der Waals surface area contributed by atoms with Crippen molar-refractivity contribution in [1.82, 2.24) is 5.32 Å². The first-order chi connectivity index (χ1) is 13.1. The van der Waals surface area contributed by atoms with E-state index in [0.717, 1.165) is 23.1 Å². The zero-order chi connectivity index (χ0) is 20.9. The van der Waals surface area contributed by atoms with Gasteiger partial charge in [0.1, 0.15) is 12.4 Å². The zero-order valence-electron chi connectivity index (χ0n) is 17.0. The largest absolute Gasteiger partial charge is 0.491 e. The van der Waals surface area contributed by atoms with Crippen molar-refractivity contribution in [3.8, 4) is 5.75 Å². The van der Waals surface area contributed by atoms with Gasteiger partial charge in [0.05, 0.1) is 18.5 Å². The first kappa shape index (κ1) is 21.8. The fourth-order valence-corrected chi connectivity index (χ4v) is 3.34. The Morgan fingerprint density at radius 2 is 1.86 bits per heavy atom. The van der Waals surface area contributed by atoms with E-state index in [-0.39, 0.29) is 5.91 Å². The van der Waals surface area contributed by atoms with Crippen molar-refractivity contribution in [1.29, 1.82) is 0 Å². The molecule has 0 atom stereocenters. The maximum atomic E-state index is 12.4. The molecule has 0 aromatic heterocycles. The highest BCUT2D eigenvalue weighted by molar-refractivity contribution is 7.92. The van der Waals surface area contributed by atoms with Crippen LogP contribution >= 0.6 is 0 Å². The lowest BCUT2D eigenvalue weighted by Crippen LogP contribution is -2.29. The predicted molar refractivity (Wildman–Crippen MR) is 113 cm³/mol. The lowest BCUT2D eigenvalue weighted by molar-refractivity contribution is 0.0947. The number of carbonyl (C=O) groups excluding carboxylic acids is 1. The molecule has 0 saturated heterocycles. The number of nitrogens with zero attached hydrogens (tertiary/aromatic N) is 1. The van der Waals surface area contributed by atoms with E-state index in [4.69, 9.17) is 4.74 Å². The van der Waals surface area contributed by atoms with Gasteiger partial charge in [0, 0.05) is 12.6 Å². The molecule has 0 saturated carbocycles. The maximum absolute atomic E-state index is 12.4. The Balaban J connectivity index is 1.99. The van der Waals surface area contributed by atoms with Crippen LogP contribution in [0.1, 0.15) is 41.3 Å². The molecular weight excluding hydrogens is 376 g/mol. The van der Waals surface area contributed by atoms with Crippen LogP contribution in [0.5, 0.6) is 5.75 Å². The molecule has 0 heterocycles. The van der Waals surface area contributed by atoms with Crippen LogP contribution in [0, 0.1) is 6.92 Å². The first-order valence-corrected chi connectivity index (χ1v) is 11.0. The Morgan fingerprint density at radius 1 is 1.18 bits per heavy atom. The molecule has 0 aliphatic rings. The maximum Gasteiger partial charge on any atom is 0.251 e. The van der Waals surface area contributed by atoms with Gasteiger partial charge in [0.25, 0.3) is 5.91 Å². The summed E-state index contributed by atoms with van der Waals surface area (Å²) >= 11 is 0. The van der Waals surface area contributed by atoms with E-state index in [9.17, 15) is 13.2 Å². The Morgan fingerprint density at radius 3 is 2.50 bits per heavy atom. The van der Waals surface area contributed by atoms with Gasteiger partial charge in [-0.3, -0.25) is 9.10 Å². The lowest BCUT2D eigenvalue weighted by atomic mass is 10.0. The number of sulfonamides is 1.